The van der Waals surface area contributed by atoms with Gasteiger partial charge in [0.25, 0.3) is 0 Å². The minimum atomic E-state index is -4.25. The lowest BCUT2D eigenvalue weighted by molar-refractivity contribution is -0.139. The van der Waals surface area contributed by atoms with Crippen molar-refractivity contribution in [1.29, 1.82) is 0 Å². The lowest BCUT2D eigenvalue weighted by atomic mass is 10.2. The SMILES string of the molecule is COC(=O)C(C)S(=O)(=O)Nc1c(N)cc(F)cc1F. The molecule has 1 atom stereocenters. The van der Waals surface area contributed by atoms with E-state index >= 15 is 0 Å². The number of anilines is 2. The summed E-state index contributed by atoms with van der Waals surface area (Å²) in [6.07, 6.45) is 0. The van der Waals surface area contributed by atoms with Crippen molar-refractivity contribution in [2.45, 2.75) is 12.2 Å². The van der Waals surface area contributed by atoms with Crippen LogP contribution in [0.3, 0.4) is 0 Å². The van der Waals surface area contributed by atoms with Gasteiger partial charge in [0.2, 0.25) is 10.0 Å². The minimum absolute atomic E-state index is 0.432. The van der Waals surface area contributed by atoms with E-state index in [-0.39, 0.29) is 0 Å². The Morgan fingerprint density at radius 2 is 2.00 bits per heavy atom. The number of carbonyl (C=O) groups is 1. The van der Waals surface area contributed by atoms with Crippen LogP contribution in [0, 0.1) is 11.6 Å². The number of nitrogens with one attached hydrogen (secondary N) is 1. The Labute approximate surface area is 108 Å². The maximum absolute atomic E-state index is 13.4. The van der Waals surface area contributed by atoms with Crippen molar-refractivity contribution in [2.75, 3.05) is 17.6 Å². The van der Waals surface area contributed by atoms with Gasteiger partial charge in [0.05, 0.1) is 12.8 Å². The third kappa shape index (κ3) is 3.31. The van der Waals surface area contributed by atoms with Crippen LogP contribution >= 0.6 is 0 Å². The van der Waals surface area contributed by atoms with Gasteiger partial charge in [0.15, 0.2) is 11.1 Å². The van der Waals surface area contributed by atoms with E-state index in [1.165, 1.54) is 0 Å². The average molecular weight is 294 g/mol. The molecule has 6 nitrogen and oxygen atoms in total. The molecule has 19 heavy (non-hydrogen) atoms. The number of carbonyl (C=O) groups excluding carboxylic acids is 1. The first-order valence-electron chi connectivity index (χ1n) is 5.03. The predicted molar refractivity (Wildman–Crippen MR) is 64.8 cm³/mol. The molecule has 0 saturated heterocycles. The zero-order chi connectivity index (χ0) is 14.8. The highest BCUT2D eigenvalue weighted by Gasteiger charge is 2.30. The standard InChI is InChI=1S/C10H12F2N2O4S/c1-5(10(15)18-2)19(16,17)14-9-7(12)3-6(11)4-8(9)13/h3-5,14H,13H2,1-2H3. The van der Waals surface area contributed by atoms with Crippen molar-refractivity contribution in [3.63, 3.8) is 0 Å². The van der Waals surface area contributed by atoms with Gasteiger partial charge in [0.1, 0.15) is 11.5 Å². The maximum atomic E-state index is 13.4. The molecule has 9 heteroatoms. The van der Waals surface area contributed by atoms with Gasteiger partial charge >= 0.3 is 5.97 Å². The van der Waals surface area contributed by atoms with Crippen LogP contribution in [0.5, 0.6) is 0 Å². The zero-order valence-electron chi connectivity index (χ0n) is 10.1. The molecule has 0 aliphatic carbocycles. The highest BCUT2D eigenvalue weighted by atomic mass is 32.2. The number of nitrogen functional groups attached to an aromatic ring is 1. The van der Waals surface area contributed by atoms with E-state index in [0.717, 1.165) is 20.1 Å². The number of esters is 1. The second-order valence-electron chi connectivity index (χ2n) is 3.66. The summed E-state index contributed by atoms with van der Waals surface area (Å²) in [4.78, 5) is 11.1. The number of methoxy groups -OCH3 is 1. The molecule has 1 aromatic carbocycles. The summed E-state index contributed by atoms with van der Waals surface area (Å²) in [5.74, 6) is -3.15. The van der Waals surface area contributed by atoms with Crippen LogP contribution in [0.15, 0.2) is 12.1 Å². The fraction of sp³-hybridized carbons (Fsp3) is 0.300. The quantitative estimate of drug-likeness (QED) is 0.633. The largest absolute Gasteiger partial charge is 0.468 e. The predicted octanol–water partition coefficient (Wildman–Crippen LogP) is 0.850. The fourth-order valence-corrected chi connectivity index (χ4v) is 2.25. The number of nitrogens with two attached hydrogens (primary N) is 1. The first-order valence-corrected chi connectivity index (χ1v) is 6.57. The van der Waals surface area contributed by atoms with Gasteiger partial charge in [-0.3, -0.25) is 9.52 Å². The van der Waals surface area contributed by atoms with Gasteiger partial charge in [0, 0.05) is 6.07 Å². The molecule has 0 radical (unpaired) electrons. The number of hydrogen-bond donors (Lipinski definition) is 2. The highest BCUT2D eigenvalue weighted by Crippen LogP contribution is 2.25. The van der Waals surface area contributed by atoms with Crippen molar-refractivity contribution < 1.29 is 26.7 Å². The third-order valence-electron chi connectivity index (χ3n) is 2.33. The smallest absolute Gasteiger partial charge is 0.325 e. The molecule has 0 aromatic heterocycles. The van der Waals surface area contributed by atoms with E-state index < -0.39 is 44.3 Å². The summed E-state index contributed by atoms with van der Waals surface area (Å²) in [7, 11) is -3.23. The van der Waals surface area contributed by atoms with Crippen molar-refractivity contribution in [3.8, 4) is 0 Å². The molecule has 0 aliphatic rings. The molecule has 1 rings (SSSR count). The number of halogens is 2. The van der Waals surface area contributed by atoms with E-state index in [1.807, 2.05) is 0 Å². The van der Waals surface area contributed by atoms with Crippen LogP contribution in [0.4, 0.5) is 20.2 Å². The van der Waals surface area contributed by atoms with E-state index in [0.29, 0.717) is 6.07 Å². The first kappa shape index (κ1) is 15.2. The van der Waals surface area contributed by atoms with E-state index in [2.05, 4.69) is 4.74 Å². The number of hydrogen-bond acceptors (Lipinski definition) is 5. The van der Waals surface area contributed by atoms with Crippen molar-refractivity contribution in [1.82, 2.24) is 0 Å². The van der Waals surface area contributed by atoms with Gasteiger partial charge in [-0.15, -0.1) is 0 Å². The Hall–Kier alpha value is -1.90. The second-order valence-corrected chi connectivity index (χ2v) is 5.67. The second kappa shape index (κ2) is 5.39. The Balaban J connectivity index is 3.13. The van der Waals surface area contributed by atoms with Crippen LogP contribution in [-0.2, 0) is 19.6 Å². The molecular weight excluding hydrogens is 282 g/mol. The minimum Gasteiger partial charge on any atom is -0.468 e. The Bertz CT molecular complexity index is 581. The summed E-state index contributed by atoms with van der Waals surface area (Å²) in [5.41, 5.74) is 4.27. The Morgan fingerprint density at radius 1 is 1.42 bits per heavy atom. The molecule has 0 heterocycles. The van der Waals surface area contributed by atoms with E-state index in [1.54, 1.807) is 4.72 Å². The van der Waals surface area contributed by atoms with Crippen molar-refractivity contribution >= 4 is 27.4 Å². The van der Waals surface area contributed by atoms with Gasteiger partial charge in [-0.2, -0.15) is 0 Å². The molecule has 0 amide bonds. The molecule has 106 valence electrons. The van der Waals surface area contributed by atoms with Crippen molar-refractivity contribution in [3.05, 3.63) is 23.8 Å². The molecule has 1 unspecified atom stereocenters. The van der Waals surface area contributed by atoms with Crippen LogP contribution in [-0.4, -0.2) is 26.7 Å². The number of sulfonamides is 1. The summed E-state index contributed by atoms with van der Waals surface area (Å²) in [6.45, 7) is 1.06. The fourth-order valence-electron chi connectivity index (χ4n) is 1.22. The molecule has 1 aromatic rings. The topological polar surface area (TPSA) is 98.5 Å². The zero-order valence-corrected chi connectivity index (χ0v) is 10.9. The van der Waals surface area contributed by atoms with Crippen LogP contribution in [0.1, 0.15) is 6.92 Å². The lowest BCUT2D eigenvalue weighted by Gasteiger charge is -2.14. The summed E-state index contributed by atoms with van der Waals surface area (Å²) in [6, 6.07) is 1.22. The third-order valence-corrected chi connectivity index (χ3v) is 3.94. The molecule has 0 saturated carbocycles. The van der Waals surface area contributed by atoms with Crippen LogP contribution in [0.25, 0.3) is 0 Å². The lowest BCUT2D eigenvalue weighted by Crippen LogP contribution is -2.33. The first-order chi connectivity index (χ1) is 8.69. The molecule has 0 bridgehead atoms. The number of ether oxygens (including phenoxy) is 1. The summed E-state index contributed by atoms with van der Waals surface area (Å²) < 4.78 is 55.8. The molecule has 3 N–H and O–H groups in total. The molecule has 0 aliphatic heterocycles. The monoisotopic (exact) mass is 294 g/mol. The molecular formula is C10H12F2N2O4S. The number of benzene rings is 1. The normalized spacial score (nSPS) is 12.8. The molecule has 0 fully saturated rings. The Morgan fingerprint density at radius 3 is 2.47 bits per heavy atom. The van der Waals surface area contributed by atoms with Crippen LogP contribution in [0.2, 0.25) is 0 Å². The van der Waals surface area contributed by atoms with Gasteiger partial charge in [-0.05, 0) is 13.0 Å². The Kier molecular flexibility index (Phi) is 4.30. The maximum Gasteiger partial charge on any atom is 0.325 e. The van der Waals surface area contributed by atoms with Crippen molar-refractivity contribution in [2.24, 2.45) is 0 Å². The highest BCUT2D eigenvalue weighted by molar-refractivity contribution is 7.94. The van der Waals surface area contributed by atoms with E-state index in [4.69, 9.17) is 5.73 Å². The number of rotatable bonds is 4. The van der Waals surface area contributed by atoms with Crippen LogP contribution < -0.4 is 10.5 Å². The van der Waals surface area contributed by atoms with Gasteiger partial charge in [-0.25, -0.2) is 17.2 Å². The van der Waals surface area contributed by atoms with Gasteiger partial charge < -0.3 is 10.5 Å². The summed E-state index contributed by atoms with van der Waals surface area (Å²) in [5, 5.41) is -1.57. The van der Waals surface area contributed by atoms with Gasteiger partial charge in [-0.1, -0.05) is 0 Å². The average Bonchev–Trinajstić information content (AvgIpc) is 2.31. The summed E-state index contributed by atoms with van der Waals surface area (Å²) >= 11 is 0. The molecule has 0 spiro atoms. The van der Waals surface area contributed by atoms with E-state index in [9.17, 15) is 22.0 Å².